The van der Waals surface area contributed by atoms with Gasteiger partial charge in [-0.1, -0.05) is 13.8 Å². The molecule has 138 valence electrons. The van der Waals surface area contributed by atoms with Gasteiger partial charge in [0.25, 0.3) is 0 Å². The van der Waals surface area contributed by atoms with E-state index in [1.54, 1.807) is 19.1 Å². The highest BCUT2D eigenvalue weighted by atomic mass is 35.5. The zero-order valence-corrected chi connectivity index (χ0v) is 15.6. The lowest BCUT2D eigenvalue weighted by atomic mass is 10.0. The monoisotopic (exact) mass is 368 g/mol. The Morgan fingerprint density at radius 3 is 2.44 bits per heavy atom. The van der Waals surface area contributed by atoms with Gasteiger partial charge in [0.1, 0.15) is 11.3 Å². The van der Waals surface area contributed by atoms with E-state index in [1.165, 1.54) is 7.11 Å². The first-order chi connectivity index (χ1) is 11.4. The third-order valence-corrected chi connectivity index (χ3v) is 4.36. The largest absolute Gasteiger partial charge is 1.00 e. The van der Waals surface area contributed by atoms with Crippen LogP contribution in [0.2, 0.25) is 0 Å². The Bertz CT molecular complexity index is 811. The van der Waals surface area contributed by atoms with E-state index in [1.807, 2.05) is 13.8 Å². The van der Waals surface area contributed by atoms with Gasteiger partial charge in [-0.3, -0.25) is 9.69 Å². The number of nitrogens with zero attached hydrogens (tertiary/aromatic N) is 1. The SMILES string of the molecule is CCN(CC)Cc1c(O)ccc2c(C)c(CC(=O)OC)c(=O)oc12.[Cl-]. The van der Waals surface area contributed by atoms with Crippen LogP contribution in [0.25, 0.3) is 11.0 Å². The van der Waals surface area contributed by atoms with Gasteiger partial charge < -0.3 is 26.7 Å². The summed E-state index contributed by atoms with van der Waals surface area (Å²) in [5.74, 6) is -0.399. The smallest absolute Gasteiger partial charge is 0.340 e. The maximum Gasteiger partial charge on any atom is 0.340 e. The maximum atomic E-state index is 12.3. The van der Waals surface area contributed by atoms with Gasteiger partial charge in [-0.2, -0.15) is 0 Å². The lowest BCUT2D eigenvalue weighted by molar-refractivity contribution is -0.139. The van der Waals surface area contributed by atoms with Crippen molar-refractivity contribution in [1.82, 2.24) is 4.90 Å². The summed E-state index contributed by atoms with van der Waals surface area (Å²) in [6.07, 6.45) is -0.132. The van der Waals surface area contributed by atoms with Crippen molar-refractivity contribution in [2.24, 2.45) is 0 Å². The van der Waals surface area contributed by atoms with E-state index in [4.69, 9.17) is 4.42 Å². The first-order valence-electron chi connectivity index (χ1n) is 7.99. The van der Waals surface area contributed by atoms with Crippen LogP contribution in [-0.4, -0.2) is 36.2 Å². The maximum absolute atomic E-state index is 12.3. The fourth-order valence-electron chi connectivity index (χ4n) is 2.74. The van der Waals surface area contributed by atoms with Gasteiger partial charge in [0.05, 0.1) is 24.7 Å². The standard InChI is InChI=1S/C18H23NO5.ClH/c1-5-19(6-2)10-14-15(20)8-7-12-11(3)13(9-16(21)23-4)18(22)24-17(12)14;/h7-8,20H,5-6,9-10H2,1-4H3;1H/p-1. The minimum Gasteiger partial charge on any atom is -1.00 e. The van der Waals surface area contributed by atoms with Gasteiger partial charge >= 0.3 is 11.6 Å². The zero-order chi connectivity index (χ0) is 17.9. The van der Waals surface area contributed by atoms with E-state index >= 15 is 0 Å². The summed E-state index contributed by atoms with van der Waals surface area (Å²) in [5.41, 5.74) is 1.34. The summed E-state index contributed by atoms with van der Waals surface area (Å²) >= 11 is 0. The predicted molar refractivity (Wildman–Crippen MR) is 91.2 cm³/mol. The molecule has 0 atom stereocenters. The second-order valence-electron chi connectivity index (χ2n) is 5.65. The van der Waals surface area contributed by atoms with Crippen LogP contribution in [0.4, 0.5) is 0 Å². The van der Waals surface area contributed by atoms with Crippen molar-refractivity contribution in [2.75, 3.05) is 20.2 Å². The second kappa shape index (κ2) is 8.87. The molecule has 6 nitrogen and oxygen atoms in total. The van der Waals surface area contributed by atoms with Crippen molar-refractivity contribution < 1.29 is 31.5 Å². The molecule has 1 aromatic carbocycles. The van der Waals surface area contributed by atoms with Gasteiger partial charge in [-0.05, 0) is 37.7 Å². The van der Waals surface area contributed by atoms with E-state index in [-0.39, 0.29) is 30.1 Å². The number of phenols is 1. The number of aryl methyl sites for hydroxylation is 1. The number of carbonyl (C=O) groups is 1. The second-order valence-corrected chi connectivity index (χ2v) is 5.65. The minimum absolute atomic E-state index is 0. The molecule has 0 spiro atoms. The molecule has 0 aliphatic carbocycles. The van der Waals surface area contributed by atoms with Gasteiger partial charge in [-0.25, -0.2) is 4.79 Å². The lowest BCUT2D eigenvalue weighted by Crippen LogP contribution is -3.00. The Morgan fingerprint density at radius 1 is 1.24 bits per heavy atom. The molecule has 1 aromatic heterocycles. The number of carbonyl (C=O) groups excluding carboxylic acids is 1. The van der Waals surface area contributed by atoms with Gasteiger partial charge in [0.2, 0.25) is 0 Å². The van der Waals surface area contributed by atoms with Crippen molar-refractivity contribution >= 4 is 16.9 Å². The molecule has 25 heavy (non-hydrogen) atoms. The molecule has 0 unspecified atom stereocenters. The molecule has 0 amide bonds. The van der Waals surface area contributed by atoms with E-state index in [0.29, 0.717) is 28.6 Å². The molecule has 0 radical (unpaired) electrons. The summed E-state index contributed by atoms with van der Waals surface area (Å²) in [6.45, 7) is 7.94. The molecule has 0 aliphatic rings. The van der Waals surface area contributed by atoms with Crippen molar-refractivity contribution in [3.05, 3.63) is 39.2 Å². The lowest BCUT2D eigenvalue weighted by Gasteiger charge is -2.20. The highest BCUT2D eigenvalue weighted by molar-refractivity contribution is 5.86. The Hall–Kier alpha value is -2.05. The first-order valence-corrected chi connectivity index (χ1v) is 7.99. The summed E-state index contributed by atoms with van der Waals surface area (Å²) in [5, 5.41) is 10.9. The topological polar surface area (TPSA) is 80.0 Å². The van der Waals surface area contributed by atoms with E-state index in [2.05, 4.69) is 9.64 Å². The molecule has 0 bridgehead atoms. The normalized spacial score (nSPS) is 10.8. The van der Waals surface area contributed by atoms with Crippen LogP contribution in [0.3, 0.4) is 0 Å². The van der Waals surface area contributed by atoms with Crippen molar-refractivity contribution in [1.29, 1.82) is 0 Å². The third-order valence-electron chi connectivity index (χ3n) is 4.36. The van der Waals surface area contributed by atoms with Crippen LogP contribution in [0.15, 0.2) is 21.3 Å². The average Bonchev–Trinajstić information content (AvgIpc) is 2.57. The Balaban J connectivity index is 0.00000312. The molecule has 0 saturated carbocycles. The molecule has 1 N–H and O–H groups in total. The first kappa shape index (κ1) is 21.0. The number of esters is 1. The highest BCUT2D eigenvalue weighted by Crippen LogP contribution is 2.30. The summed E-state index contributed by atoms with van der Waals surface area (Å²) in [6, 6.07) is 3.30. The van der Waals surface area contributed by atoms with Gasteiger partial charge in [-0.15, -0.1) is 0 Å². The molecule has 7 heteroatoms. The highest BCUT2D eigenvalue weighted by Gasteiger charge is 2.19. The predicted octanol–water partition coefficient (Wildman–Crippen LogP) is -0.632. The van der Waals surface area contributed by atoms with E-state index < -0.39 is 11.6 Å². The zero-order valence-electron chi connectivity index (χ0n) is 14.9. The van der Waals surface area contributed by atoms with Crippen molar-refractivity contribution in [3.63, 3.8) is 0 Å². The number of fused-ring (bicyclic) bond motifs is 1. The van der Waals surface area contributed by atoms with Crippen LogP contribution in [-0.2, 0) is 22.5 Å². The fraction of sp³-hybridized carbons (Fsp3) is 0.444. The number of halogens is 1. The van der Waals surface area contributed by atoms with Crippen LogP contribution >= 0.6 is 0 Å². The third kappa shape index (κ3) is 4.32. The number of hydrogen-bond donors (Lipinski definition) is 1. The molecule has 0 aliphatic heterocycles. The minimum atomic E-state index is -0.572. The fourth-order valence-corrected chi connectivity index (χ4v) is 2.74. The number of benzene rings is 1. The number of aromatic hydroxyl groups is 1. The Labute approximate surface area is 152 Å². The molecule has 0 saturated heterocycles. The molecular formula is C18H23ClNO5-. The van der Waals surface area contributed by atoms with Gasteiger partial charge in [0, 0.05) is 11.9 Å². The van der Waals surface area contributed by atoms with E-state index in [9.17, 15) is 14.7 Å². The summed E-state index contributed by atoms with van der Waals surface area (Å²) < 4.78 is 10.1. The number of hydrogen-bond acceptors (Lipinski definition) is 6. The van der Waals surface area contributed by atoms with Crippen LogP contribution in [0.5, 0.6) is 5.75 Å². The summed E-state index contributed by atoms with van der Waals surface area (Å²) in [4.78, 5) is 26.0. The Morgan fingerprint density at radius 2 is 1.88 bits per heavy atom. The molecule has 0 fully saturated rings. The average molecular weight is 369 g/mol. The molecular weight excluding hydrogens is 346 g/mol. The quantitative estimate of drug-likeness (QED) is 0.540. The van der Waals surface area contributed by atoms with Crippen LogP contribution < -0.4 is 18.0 Å². The number of methoxy groups -OCH3 is 1. The molecule has 2 rings (SSSR count). The number of phenolic OH excluding ortho intramolecular Hbond substituents is 1. The van der Waals surface area contributed by atoms with Gasteiger partial charge in [0.15, 0.2) is 0 Å². The van der Waals surface area contributed by atoms with E-state index in [0.717, 1.165) is 13.1 Å². The number of ether oxygens (including phenoxy) is 1. The van der Waals surface area contributed by atoms with Crippen LogP contribution in [0.1, 0.15) is 30.5 Å². The molecule has 1 heterocycles. The number of rotatable bonds is 6. The van der Waals surface area contributed by atoms with Crippen molar-refractivity contribution in [3.8, 4) is 5.75 Å². The van der Waals surface area contributed by atoms with Crippen LogP contribution in [0, 0.1) is 6.92 Å². The van der Waals surface area contributed by atoms with Crippen molar-refractivity contribution in [2.45, 2.75) is 33.7 Å². The Kier molecular flexibility index (Phi) is 7.45. The summed E-state index contributed by atoms with van der Waals surface area (Å²) in [7, 11) is 1.28. The molecule has 2 aromatic rings.